The van der Waals surface area contributed by atoms with E-state index in [9.17, 15) is 14.0 Å². The third kappa shape index (κ3) is 4.04. The first-order chi connectivity index (χ1) is 13.1. The van der Waals surface area contributed by atoms with Gasteiger partial charge >= 0.3 is 5.97 Å². The minimum Gasteiger partial charge on any atom is -0.451 e. The van der Waals surface area contributed by atoms with Gasteiger partial charge < -0.3 is 14.4 Å². The van der Waals surface area contributed by atoms with Crippen molar-refractivity contribution < 1.29 is 23.5 Å². The molecule has 2 aromatic rings. The monoisotopic (exact) mass is 389 g/mol. The lowest BCUT2D eigenvalue weighted by Crippen LogP contribution is -2.44. The third-order valence-electron chi connectivity index (χ3n) is 4.94. The summed E-state index contributed by atoms with van der Waals surface area (Å²) < 4.78 is 24.0. The normalized spacial score (nSPS) is 19.0. The summed E-state index contributed by atoms with van der Waals surface area (Å²) in [5.41, 5.74) is 2.05. The first-order valence-electron chi connectivity index (χ1n) is 9.04. The van der Waals surface area contributed by atoms with Crippen molar-refractivity contribution in [3.8, 4) is 0 Å². The molecule has 2 aliphatic rings. The number of hydrogen-bond acceptors (Lipinski definition) is 5. The highest BCUT2D eigenvalue weighted by Gasteiger charge is 2.27. The minimum atomic E-state index is -0.439. The number of ether oxygens (including phenoxy) is 2. The van der Waals surface area contributed by atoms with Crippen LogP contribution in [0.5, 0.6) is 0 Å². The van der Waals surface area contributed by atoms with Crippen LogP contribution in [0.4, 0.5) is 4.39 Å². The van der Waals surface area contributed by atoms with Crippen LogP contribution in [0.2, 0.25) is 0 Å². The summed E-state index contributed by atoms with van der Waals surface area (Å²) in [6.07, 6.45) is 2.86. The predicted molar refractivity (Wildman–Crippen MR) is 98.3 cm³/mol. The van der Waals surface area contributed by atoms with Gasteiger partial charge in [-0.15, -0.1) is 11.3 Å². The number of nitrogens with zero attached hydrogens (tertiary/aromatic N) is 1. The summed E-state index contributed by atoms with van der Waals surface area (Å²) in [5, 5.41) is 0. The highest BCUT2D eigenvalue weighted by Crippen LogP contribution is 2.31. The molecule has 1 saturated heterocycles. The summed E-state index contributed by atoms with van der Waals surface area (Å²) in [5.74, 6) is -0.997. The minimum absolute atomic E-state index is 0.247. The molecule has 1 aliphatic heterocycles. The van der Waals surface area contributed by atoms with Crippen LogP contribution in [0.3, 0.4) is 0 Å². The first-order valence-corrected chi connectivity index (χ1v) is 9.85. The van der Waals surface area contributed by atoms with E-state index in [2.05, 4.69) is 0 Å². The third-order valence-corrected chi connectivity index (χ3v) is 6.15. The molecule has 2 heterocycles. The molecule has 7 heteroatoms. The Bertz CT molecular complexity index is 827. The van der Waals surface area contributed by atoms with E-state index >= 15 is 0 Å². The van der Waals surface area contributed by atoms with Crippen molar-refractivity contribution in [2.45, 2.75) is 25.4 Å². The summed E-state index contributed by atoms with van der Waals surface area (Å²) >= 11 is 1.47. The van der Waals surface area contributed by atoms with Gasteiger partial charge in [0.05, 0.1) is 13.2 Å². The molecule has 0 unspecified atom stereocenters. The van der Waals surface area contributed by atoms with Crippen LogP contribution in [0, 0.1) is 5.82 Å². The van der Waals surface area contributed by atoms with Gasteiger partial charge in [-0.2, -0.15) is 0 Å². The fourth-order valence-corrected chi connectivity index (χ4v) is 4.62. The standard InChI is InChI=1S/C20H20FNO4S/c21-15-6-4-13(5-7-15)16-11-22(8-9-25-16)19(23)12-26-20(24)18-10-14-2-1-3-17(14)27-18/h4-7,10,16H,1-3,8-9,11-12H2/t16-/m0/s1. The molecule has 1 aromatic heterocycles. The Morgan fingerprint density at radius 3 is 2.85 bits per heavy atom. The predicted octanol–water partition coefficient (Wildman–Crippen LogP) is 3.13. The molecule has 0 N–H and O–H groups in total. The van der Waals surface area contributed by atoms with Crippen LogP contribution in [0.1, 0.15) is 38.2 Å². The Morgan fingerprint density at radius 2 is 2.07 bits per heavy atom. The van der Waals surface area contributed by atoms with Crippen LogP contribution in [-0.4, -0.2) is 43.1 Å². The lowest BCUT2D eigenvalue weighted by molar-refractivity contribution is -0.142. The molecule has 1 fully saturated rings. The summed E-state index contributed by atoms with van der Waals surface area (Å²) in [7, 11) is 0. The van der Waals surface area contributed by atoms with Gasteiger partial charge in [-0.1, -0.05) is 12.1 Å². The van der Waals surface area contributed by atoms with Gasteiger partial charge in [0.25, 0.3) is 5.91 Å². The fourth-order valence-electron chi connectivity index (χ4n) is 3.47. The van der Waals surface area contributed by atoms with E-state index in [4.69, 9.17) is 9.47 Å². The molecule has 1 atom stereocenters. The van der Waals surface area contributed by atoms with E-state index in [1.54, 1.807) is 17.0 Å². The Balaban J connectivity index is 1.32. The van der Waals surface area contributed by atoms with Gasteiger partial charge in [0.1, 0.15) is 16.8 Å². The zero-order chi connectivity index (χ0) is 18.8. The molecule has 1 amide bonds. The van der Waals surface area contributed by atoms with E-state index in [0.29, 0.717) is 24.6 Å². The maximum absolute atomic E-state index is 13.1. The van der Waals surface area contributed by atoms with Crippen LogP contribution >= 0.6 is 11.3 Å². The highest BCUT2D eigenvalue weighted by molar-refractivity contribution is 7.14. The second kappa shape index (κ2) is 7.78. The molecular weight excluding hydrogens is 369 g/mol. The van der Waals surface area contributed by atoms with Crippen molar-refractivity contribution >= 4 is 23.2 Å². The number of fused-ring (bicyclic) bond motifs is 1. The van der Waals surface area contributed by atoms with E-state index in [-0.39, 0.29) is 24.4 Å². The molecule has 0 spiro atoms. The molecule has 5 nitrogen and oxygen atoms in total. The molecule has 0 radical (unpaired) electrons. The number of halogens is 1. The van der Waals surface area contributed by atoms with Crippen LogP contribution < -0.4 is 0 Å². The quantitative estimate of drug-likeness (QED) is 0.754. The smallest absolute Gasteiger partial charge is 0.348 e. The topological polar surface area (TPSA) is 55.8 Å². The summed E-state index contributed by atoms with van der Waals surface area (Å²) in [4.78, 5) is 28.1. The van der Waals surface area contributed by atoms with Crippen molar-refractivity contribution in [3.05, 3.63) is 57.0 Å². The maximum atomic E-state index is 13.1. The fraction of sp³-hybridized carbons (Fsp3) is 0.400. The van der Waals surface area contributed by atoms with E-state index in [1.165, 1.54) is 33.9 Å². The molecule has 1 aromatic carbocycles. The number of aryl methyl sites for hydroxylation is 2. The first kappa shape index (κ1) is 18.1. The number of morpholine rings is 1. The van der Waals surface area contributed by atoms with E-state index in [0.717, 1.165) is 24.8 Å². The molecule has 0 bridgehead atoms. The van der Waals surface area contributed by atoms with Crippen molar-refractivity contribution in [3.63, 3.8) is 0 Å². The van der Waals surface area contributed by atoms with E-state index in [1.807, 2.05) is 6.07 Å². The number of carbonyl (C=O) groups is 2. The van der Waals surface area contributed by atoms with Gasteiger partial charge in [-0.05, 0) is 48.6 Å². The zero-order valence-corrected chi connectivity index (χ0v) is 15.6. The van der Waals surface area contributed by atoms with Crippen molar-refractivity contribution in [1.29, 1.82) is 0 Å². The van der Waals surface area contributed by atoms with E-state index < -0.39 is 5.97 Å². The molecule has 1 aliphatic carbocycles. The lowest BCUT2D eigenvalue weighted by atomic mass is 10.1. The zero-order valence-electron chi connectivity index (χ0n) is 14.8. The second-order valence-electron chi connectivity index (χ2n) is 6.74. The highest BCUT2D eigenvalue weighted by atomic mass is 32.1. The summed E-state index contributed by atoms with van der Waals surface area (Å²) in [6, 6.07) is 7.95. The molecule has 142 valence electrons. The van der Waals surface area contributed by atoms with Crippen LogP contribution in [0.25, 0.3) is 0 Å². The van der Waals surface area contributed by atoms with Gasteiger partial charge in [0.15, 0.2) is 6.61 Å². The Hall–Kier alpha value is -2.25. The number of carbonyl (C=O) groups excluding carboxylic acids is 2. The summed E-state index contributed by atoms with van der Waals surface area (Å²) in [6.45, 7) is 0.910. The number of benzene rings is 1. The van der Waals surface area contributed by atoms with Gasteiger partial charge in [-0.25, -0.2) is 9.18 Å². The van der Waals surface area contributed by atoms with Gasteiger partial charge in [-0.3, -0.25) is 4.79 Å². The number of esters is 1. The molecule has 4 rings (SSSR count). The van der Waals surface area contributed by atoms with Crippen molar-refractivity contribution in [2.75, 3.05) is 26.3 Å². The largest absolute Gasteiger partial charge is 0.451 e. The molecule has 0 saturated carbocycles. The van der Waals surface area contributed by atoms with Crippen molar-refractivity contribution in [2.24, 2.45) is 0 Å². The number of amides is 1. The van der Waals surface area contributed by atoms with Crippen LogP contribution in [-0.2, 0) is 27.1 Å². The Labute approximate surface area is 160 Å². The number of thiophene rings is 1. The average molecular weight is 389 g/mol. The van der Waals surface area contributed by atoms with Crippen molar-refractivity contribution in [1.82, 2.24) is 4.90 Å². The second-order valence-corrected chi connectivity index (χ2v) is 7.88. The SMILES string of the molecule is O=C(OCC(=O)N1CCO[C@H](c2ccc(F)cc2)C1)c1cc2c(s1)CCC2. The number of hydrogen-bond donors (Lipinski definition) is 0. The maximum Gasteiger partial charge on any atom is 0.348 e. The lowest BCUT2D eigenvalue weighted by Gasteiger charge is -2.33. The van der Waals surface area contributed by atoms with Gasteiger partial charge in [0.2, 0.25) is 0 Å². The molecular formula is C20H20FNO4S. The van der Waals surface area contributed by atoms with Gasteiger partial charge in [0, 0.05) is 11.4 Å². The average Bonchev–Trinajstić information content (AvgIpc) is 3.29. The Morgan fingerprint density at radius 1 is 1.26 bits per heavy atom. The molecule has 27 heavy (non-hydrogen) atoms. The van der Waals surface area contributed by atoms with Crippen LogP contribution in [0.15, 0.2) is 30.3 Å². The Kier molecular flexibility index (Phi) is 5.22. The number of rotatable bonds is 4.